The Labute approximate surface area is 650 Å². The van der Waals surface area contributed by atoms with Crippen molar-refractivity contribution in [2.24, 2.45) is 17.4 Å². The molecular formula is C74H79Cl2N11O24S. The van der Waals surface area contributed by atoms with Crippen molar-refractivity contribution < 1.29 is 117 Å². The zero-order chi connectivity index (χ0) is 80.6. The van der Waals surface area contributed by atoms with E-state index < -0.39 is 231 Å². The van der Waals surface area contributed by atoms with Crippen molar-refractivity contribution in [1.29, 1.82) is 0 Å². The highest BCUT2D eigenvalue weighted by atomic mass is 35.5. The second-order valence-electron chi connectivity index (χ2n) is 28.1. The average molecular weight is 1610 g/mol. The summed E-state index contributed by atoms with van der Waals surface area (Å²) in [5, 5.41) is 130. The van der Waals surface area contributed by atoms with Crippen LogP contribution in [0.2, 0.25) is 10.0 Å². The van der Waals surface area contributed by atoms with Crippen molar-refractivity contribution in [3.63, 3.8) is 0 Å². The molecule has 7 amide bonds. The second kappa shape index (κ2) is 33.5. The van der Waals surface area contributed by atoms with Crippen molar-refractivity contribution in [2.75, 3.05) is 12.8 Å². The minimum atomic E-state index is -2.36. The van der Waals surface area contributed by atoms with Crippen molar-refractivity contribution in [2.45, 2.75) is 161 Å². The third kappa shape index (κ3) is 17.4. The van der Waals surface area contributed by atoms with Gasteiger partial charge in [0.15, 0.2) is 29.9 Å². The van der Waals surface area contributed by atoms with Crippen LogP contribution in [0.5, 0.6) is 46.0 Å². The zero-order valence-electron chi connectivity index (χ0n) is 60.0. The molecule has 0 saturated carbocycles. The number of carbonyl (C=O) groups excluding carboxylic acids is 7. The fourth-order valence-corrected chi connectivity index (χ4v) is 14.9. The van der Waals surface area contributed by atoms with Gasteiger partial charge in [0.05, 0.1) is 40.8 Å². The molecule has 35 nitrogen and oxygen atoms in total. The molecule has 20 N–H and O–H groups in total. The Hall–Kier alpha value is -10.5. The van der Waals surface area contributed by atoms with Crippen LogP contribution in [0, 0.1) is 5.92 Å². The maximum atomic E-state index is 16.2. The molecule has 2 saturated heterocycles. The monoisotopic (exact) mass is 1610 g/mol. The first kappa shape index (κ1) is 81.1. The van der Waals surface area contributed by atoms with E-state index in [9.17, 15) is 69.9 Å². The molecule has 594 valence electrons. The van der Waals surface area contributed by atoms with Crippen LogP contribution in [-0.2, 0) is 52.6 Å². The number of aliphatic hydroxyl groups excluding tert-OH is 5. The third-order valence-electron chi connectivity index (χ3n) is 19.4. The highest BCUT2D eigenvalue weighted by Gasteiger charge is 2.52. The summed E-state index contributed by atoms with van der Waals surface area (Å²) in [7, 11) is 1.48. The molecular weight excluding hydrogens is 1530 g/mol. The molecule has 9 unspecified atom stereocenters. The highest BCUT2D eigenvalue weighted by Crippen LogP contribution is 2.50. The first-order valence-electron chi connectivity index (χ1n) is 35.0. The van der Waals surface area contributed by atoms with Gasteiger partial charge in [0.25, 0.3) is 5.22 Å². The lowest BCUT2D eigenvalue weighted by Gasteiger charge is -2.47. The Balaban J connectivity index is 1.08. The third-order valence-corrected chi connectivity index (χ3v) is 20.9. The van der Waals surface area contributed by atoms with Crippen molar-refractivity contribution >= 4 is 82.3 Å². The predicted molar refractivity (Wildman–Crippen MR) is 393 cm³/mol. The maximum absolute atomic E-state index is 16.2. The summed E-state index contributed by atoms with van der Waals surface area (Å²) in [6.07, 6.45) is -18.4. The van der Waals surface area contributed by atoms with Crippen molar-refractivity contribution in [1.82, 2.24) is 47.4 Å². The Kier molecular flexibility index (Phi) is 24.2. The number of benzene rings is 6. The maximum Gasteiger partial charge on any atom is 0.330 e. The van der Waals surface area contributed by atoms with Crippen LogP contribution >= 0.6 is 35.0 Å². The molecule has 2 fully saturated rings. The number of phenolic OH excluding ortho intramolecular Hbond substituents is 3. The molecule has 112 heavy (non-hydrogen) atoms. The number of amides is 7. The van der Waals surface area contributed by atoms with Crippen LogP contribution in [0.3, 0.4) is 0 Å². The van der Waals surface area contributed by atoms with E-state index in [1.54, 1.807) is 30.3 Å². The van der Waals surface area contributed by atoms with Crippen LogP contribution in [-0.4, -0.2) is 195 Å². The topological polar surface area (TPSA) is 549 Å². The number of rotatable bonds is 16. The zero-order valence-corrected chi connectivity index (χ0v) is 62.3. The normalized spacial score (nSPS) is 27.7. The van der Waals surface area contributed by atoms with Crippen molar-refractivity contribution in [3.8, 4) is 68.6 Å². The Morgan fingerprint density at radius 2 is 1.35 bits per heavy atom. The number of thioether (sulfide) groups is 1. The summed E-state index contributed by atoms with van der Waals surface area (Å²) < 4.78 is 45.6. The fraction of sp³-hybridized carbons (Fsp3) is 0.378. The number of nitrogens with two attached hydrogens (primary N) is 2. The summed E-state index contributed by atoms with van der Waals surface area (Å²) in [6, 6.07) is 8.20. The number of carboxylic acids is 1. The van der Waals surface area contributed by atoms with Gasteiger partial charge >= 0.3 is 5.97 Å². The van der Waals surface area contributed by atoms with Crippen LogP contribution in [0.1, 0.15) is 105 Å². The van der Waals surface area contributed by atoms with E-state index in [-0.39, 0.29) is 63.1 Å². The van der Waals surface area contributed by atoms with Gasteiger partial charge in [-0.25, -0.2) is 4.79 Å². The van der Waals surface area contributed by atoms with Gasteiger partial charge in [-0.3, -0.25) is 33.6 Å². The first-order chi connectivity index (χ1) is 53.1. The van der Waals surface area contributed by atoms with Gasteiger partial charge in [-0.1, -0.05) is 85.2 Å². The van der Waals surface area contributed by atoms with Gasteiger partial charge < -0.3 is 127 Å². The number of carboxylic acid groups (broad SMARTS) is 1. The molecule has 14 rings (SSSR count). The molecule has 7 aliphatic rings. The van der Waals surface area contributed by atoms with Crippen LogP contribution in [0.15, 0.2) is 119 Å². The number of ether oxygens (including phenoxy) is 6. The second-order valence-corrected chi connectivity index (χ2v) is 29.9. The molecule has 11 bridgehead atoms. The number of primary amides is 1. The van der Waals surface area contributed by atoms with E-state index in [1.807, 2.05) is 13.8 Å². The lowest BCUT2D eigenvalue weighted by molar-refractivity contribution is -0.329. The number of carbonyl (C=O) groups is 8. The first-order valence-corrected chi connectivity index (χ1v) is 36.8. The SMILES string of the molecule is CN[C@@H](CC(C)C)C(=O)N[C@H]1C(=O)N[C@@H](CC(N)=O)C(=O)N[C@H]2C(=O)N[C@H]3C(=O)N[C@H](C(=O)N[C@@H](C(=O)O)c4cc(O)cc(O)c4-c4cc3ccc4O)[C@H](O)c3ccc(c(Cl)c3)Oc3cc2cc(c3OC2OC(CSc3nnc(-c4ccccc4)o3)C(O)C(O)C2OC2CC(C)(N)C(O)C(C)O2)Oc2ccc(cc2Cl)[C@H]1O. The number of hydrogen-bond donors (Lipinski definition) is 18. The number of nitrogens with one attached hydrogen (secondary N) is 7. The number of nitrogens with zero attached hydrogens (tertiary/aromatic N) is 2. The molecule has 18 atom stereocenters. The Morgan fingerprint density at radius 1 is 0.714 bits per heavy atom. The molecule has 0 aliphatic carbocycles. The van der Waals surface area contributed by atoms with E-state index in [0.29, 0.717) is 5.56 Å². The van der Waals surface area contributed by atoms with Crippen molar-refractivity contribution in [3.05, 3.63) is 147 Å². The number of aliphatic carboxylic acids is 1. The molecule has 6 aromatic carbocycles. The fourth-order valence-electron chi connectivity index (χ4n) is 13.6. The van der Waals surface area contributed by atoms with Gasteiger partial charge in [-0.2, -0.15) is 0 Å². The summed E-state index contributed by atoms with van der Waals surface area (Å²) >= 11 is 15.2. The van der Waals surface area contributed by atoms with E-state index in [4.69, 9.17) is 67.5 Å². The molecule has 8 heterocycles. The summed E-state index contributed by atoms with van der Waals surface area (Å²) in [4.78, 5) is 118. The van der Waals surface area contributed by atoms with Gasteiger partial charge in [-0.05, 0) is 122 Å². The minimum absolute atomic E-state index is 0.0130. The number of aromatic hydroxyl groups is 3. The molecule has 7 aromatic rings. The van der Waals surface area contributed by atoms with E-state index in [0.717, 1.165) is 78.5 Å². The number of aromatic nitrogens is 2. The molecule has 7 aliphatic heterocycles. The number of halogens is 2. The highest BCUT2D eigenvalue weighted by molar-refractivity contribution is 7.99. The lowest BCUT2D eigenvalue weighted by Crippen LogP contribution is -2.64. The summed E-state index contributed by atoms with van der Waals surface area (Å²) in [5.74, 6) is -16.1. The summed E-state index contributed by atoms with van der Waals surface area (Å²) in [5.41, 5.74) is 8.74. The molecule has 0 radical (unpaired) electrons. The van der Waals surface area contributed by atoms with Crippen LogP contribution in [0.25, 0.3) is 22.6 Å². The van der Waals surface area contributed by atoms with Gasteiger partial charge in [0.1, 0.15) is 83.4 Å². The van der Waals surface area contributed by atoms with Gasteiger partial charge in [0, 0.05) is 46.0 Å². The number of likely N-dealkylation sites (N-methyl/N-ethyl adjacent to an activating group) is 1. The molecule has 1 aromatic heterocycles. The Bertz CT molecular complexity index is 4790. The quantitative estimate of drug-likeness (QED) is 0.0618. The smallest absolute Gasteiger partial charge is 0.330 e. The summed E-state index contributed by atoms with van der Waals surface area (Å²) in [6.45, 7) is 6.68. The predicted octanol–water partition coefficient (Wildman–Crippen LogP) is 2.96. The van der Waals surface area contributed by atoms with E-state index >= 15 is 14.4 Å². The average Bonchev–Trinajstić information content (AvgIpc) is 0.766. The van der Waals surface area contributed by atoms with Gasteiger partial charge in [0.2, 0.25) is 59.3 Å². The number of phenols is 3. The molecule has 38 heteroatoms. The van der Waals surface area contributed by atoms with E-state index in [1.165, 1.54) is 33.0 Å². The Morgan fingerprint density at radius 3 is 1.97 bits per heavy atom. The van der Waals surface area contributed by atoms with Crippen LogP contribution in [0.4, 0.5) is 0 Å². The molecule has 0 spiro atoms. The van der Waals surface area contributed by atoms with Gasteiger partial charge in [-0.15, -0.1) is 10.2 Å². The number of fused-ring (bicyclic) bond motifs is 15. The standard InChI is InChI=1S/C74H79Cl2N11O24S/c1-28(2)17-40(79-5)64(97)84-55-57(92)32-12-15-44(38(75)19-32)106-46-21-34-22-47(61(46)110-72-62(109-50-26-74(4,78)63(96)29(3)105-50)60(95)59(94)48(108-72)27-112-73-87-86-70(111-73)30-9-7-6-8-10-30)107-45-16-13-33(20-39(45)76)58(93)56-69(102)83-54(71(103)104)37-23-35(88)24-43(90)51(37)36-18-31(11-14-42(36)89)52(66(99)85-56)82-67(100)53(34)81-65(98)41(25-49(77)91)80-68(55)101/h6-16,18-24,28-29,40-41,48,50,52-60,62-63,72,79,88-90,92-96H,17,25-27,78H2,1-5H3,(H2,77,91)(H,80,101)(H,81,98)(H,82,100)(H,83,102)(H,84,97)(H,85,99)(H,103,104)/t29?,40-,41-,48?,50?,52+,53+,54+,55+,56-,57+,58+,59?,60?,62?,63?,72?,74?/m0/s1. The lowest BCUT2D eigenvalue weighted by atomic mass is 9.86. The van der Waals surface area contributed by atoms with Crippen LogP contribution < -0.4 is 62.9 Å². The number of hydrogen-bond acceptors (Lipinski definition) is 28. The number of aliphatic hydroxyl groups is 5. The largest absolute Gasteiger partial charge is 0.508 e. The minimum Gasteiger partial charge on any atom is -0.508 e. The van der Waals surface area contributed by atoms with E-state index in [2.05, 4.69) is 47.4 Å².